The van der Waals surface area contributed by atoms with E-state index in [1.807, 2.05) is 0 Å². The Labute approximate surface area is 95.6 Å². The number of urea groups is 1. The Morgan fingerprint density at radius 3 is 2.62 bits per heavy atom. The summed E-state index contributed by atoms with van der Waals surface area (Å²) in [4.78, 5) is 21.9. The highest BCUT2D eigenvalue weighted by Gasteiger charge is 2.25. The third-order valence-electron chi connectivity index (χ3n) is 3.04. The summed E-state index contributed by atoms with van der Waals surface area (Å²) in [6.07, 6.45) is 3.27. The first-order valence-corrected chi connectivity index (χ1v) is 5.78. The van der Waals surface area contributed by atoms with E-state index in [2.05, 4.69) is 17.6 Å². The van der Waals surface area contributed by atoms with Gasteiger partial charge in [-0.05, 0) is 25.7 Å². The smallest absolute Gasteiger partial charge is 0.315 e. The van der Waals surface area contributed by atoms with E-state index < -0.39 is 5.97 Å². The van der Waals surface area contributed by atoms with Crippen LogP contribution in [0.15, 0.2) is 0 Å². The van der Waals surface area contributed by atoms with Gasteiger partial charge in [-0.2, -0.15) is 0 Å². The van der Waals surface area contributed by atoms with Crippen LogP contribution in [0.25, 0.3) is 0 Å². The molecule has 1 rings (SSSR count). The summed E-state index contributed by atoms with van der Waals surface area (Å²) in [6, 6.07) is -0.362. The Bertz CT molecular complexity index is 268. The van der Waals surface area contributed by atoms with Crippen LogP contribution in [-0.2, 0) is 4.79 Å². The predicted octanol–water partition coefficient (Wildman–Crippen LogP) is 1.34. The second-order valence-electron chi connectivity index (χ2n) is 4.63. The molecule has 1 aliphatic carbocycles. The third-order valence-corrected chi connectivity index (χ3v) is 3.04. The molecule has 5 nitrogen and oxygen atoms in total. The molecule has 0 spiro atoms. The number of hydrogen-bond acceptors (Lipinski definition) is 2. The Kier molecular flexibility index (Phi) is 4.58. The molecule has 0 aromatic rings. The van der Waals surface area contributed by atoms with Crippen LogP contribution in [0.5, 0.6) is 0 Å². The monoisotopic (exact) mass is 228 g/mol. The molecule has 0 aromatic heterocycles. The van der Waals surface area contributed by atoms with Crippen LogP contribution in [0.2, 0.25) is 0 Å². The van der Waals surface area contributed by atoms with Gasteiger partial charge in [0.2, 0.25) is 0 Å². The molecule has 1 saturated carbocycles. The first-order valence-electron chi connectivity index (χ1n) is 5.78. The Hall–Kier alpha value is -1.26. The summed E-state index contributed by atoms with van der Waals surface area (Å²) in [6.45, 7) is 3.81. The summed E-state index contributed by atoms with van der Waals surface area (Å²) in [5.74, 6) is -0.387. The minimum absolute atomic E-state index is 0.0480. The molecule has 2 amide bonds. The molecule has 0 aromatic carbocycles. The van der Waals surface area contributed by atoms with Gasteiger partial charge >= 0.3 is 12.0 Å². The van der Waals surface area contributed by atoms with E-state index in [-0.39, 0.29) is 24.5 Å². The van der Waals surface area contributed by atoms with Crippen molar-refractivity contribution in [2.45, 2.75) is 51.6 Å². The lowest BCUT2D eigenvalue weighted by atomic mass is 10.1. The van der Waals surface area contributed by atoms with Gasteiger partial charge in [-0.1, -0.05) is 13.3 Å². The van der Waals surface area contributed by atoms with Crippen LogP contribution >= 0.6 is 0 Å². The molecule has 0 bridgehead atoms. The third kappa shape index (κ3) is 4.08. The molecule has 3 N–H and O–H groups in total. The zero-order valence-electron chi connectivity index (χ0n) is 9.82. The number of carbonyl (C=O) groups is 2. The van der Waals surface area contributed by atoms with E-state index in [0.717, 1.165) is 19.3 Å². The molecular formula is C11H20N2O3. The summed E-state index contributed by atoms with van der Waals surface area (Å²) in [5.41, 5.74) is 0. The van der Waals surface area contributed by atoms with Gasteiger partial charge in [0.05, 0.1) is 6.42 Å². The number of hydrogen-bond donors (Lipinski definition) is 3. The number of carboxylic acid groups (broad SMARTS) is 1. The van der Waals surface area contributed by atoms with Crippen LogP contribution < -0.4 is 10.6 Å². The number of rotatable bonds is 4. The number of nitrogens with one attached hydrogen (secondary N) is 2. The lowest BCUT2D eigenvalue weighted by Gasteiger charge is -2.19. The summed E-state index contributed by atoms with van der Waals surface area (Å²) >= 11 is 0. The normalized spacial score (nSPS) is 26.1. The lowest BCUT2D eigenvalue weighted by Crippen LogP contribution is -2.46. The highest BCUT2D eigenvalue weighted by atomic mass is 16.4. The fraction of sp³-hybridized carbons (Fsp3) is 0.818. The number of amides is 2. The van der Waals surface area contributed by atoms with Crippen LogP contribution in [0.3, 0.4) is 0 Å². The average Bonchev–Trinajstić information content (AvgIpc) is 2.49. The molecule has 5 heteroatoms. The van der Waals surface area contributed by atoms with Crippen molar-refractivity contribution in [2.24, 2.45) is 5.92 Å². The maximum atomic E-state index is 11.5. The second kappa shape index (κ2) is 5.72. The van der Waals surface area contributed by atoms with Gasteiger partial charge < -0.3 is 15.7 Å². The van der Waals surface area contributed by atoms with Crippen LogP contribution in [0.1, 0.15) is 39.5 Å². The van der Waals surface area contributed by atoms with Crippen LogP contribution in [-0.4, -0.2) is 29.2 Å². The molecule has 1 aliphatic rings. The van der Waals surface area contributed by atoms with Gasteiger partial charge in [0.25, 0.3) is 0 Å². The zero-order chi connectivity index (χ0) is 12.1. The summed E-state index contributed by atoms with van der Waals surface area (Å²) in [7, 11) is 0. The highest BCUT2D eigenvalue weighted by molar-refractivity contribution is 5.76. The van der Waals surface area contributed by atoms with Crippen molar-refractivity contribution in [1.82, 2.24) is 10.6 Å². The first kappa shape index (κ1) is 12.8. The van der Waals surface area contributed by atoms with Crippen molar-refractivity contribution in [2.75, 3.05) is 0 Å². The van der Waals surface area contributed by atoms with Gasteiger partial charge in [-0.3, -0.25) is 4.79 Å². The Morgan fingerprint density at radius 2 is 2.12 bits per heavy atom. The van der Waals surface area contributed by atoms with E-state index in [4.69, 9.17) is 5.11 Å². The number of aliphatic carboxylic acids is 1. The first-order chi connectivity index (χ1) is 7.49. The van der Waals surface area contributed by atoms with Crippen LogP contribution in [0, 0.1) is 5.92 Å². The fourth-order valence-electron chi connectivity index (χ4n) is 2.11. The zero-order valence-corrected chi connectivity index (χ0v) is 9.82. The van der Waals surface area contributed by atoms with Crippen molar-refractivity contribution in [1.29, 1.82) is 0 Å². The lowest BCUT2D eigenvalue weighted by molar-refractivity contribution is -0.137. The second-order valence-corrected chi connectivity index (χ2v) is 4.63. The van der Waals surface area contributed by atoms with Crippen molar-refractivity contribution in [3.63, 3.8) is 0 Å². The summed E-state index contributed by atoms with van der Waals surface area (Å²) in [5, 5.41) is 14.1. The van der Waals surface area contributed by atoms with Crippen LogP contribution in [0.4, 0.5) is 4.79 Å². The van der Waals surface area contributed by atoms with E-state index in [9.17, 15) is 9.59 Å². The van der Waals surface area contributed by atoms with Crippen molar-refractivity contribution in [3.05, 3.63) is 0 Å². The van der Waals surface area contributed by atoms with E-state index >= 15 is 0 Å². The SMILES string of the molecule is CC(CC(=O)O)NC(=O)NC1CCCC1C. The van der Waals surface area contributed by atoms with Crippen molar-refractivity contribution < 1.29 is 14.7 Å². The number of carboxylic acids is 1. The summed E-state index contributed by atoms with van der Waals surface area (Å²) < 4.78 is 0. The maximum Gasteiger partial charge on any atom is 0.315 e. The van der Waals surface area contributed by atoms with Gasteiger partial charge in [0.15, 0.2) is 0 Å². The molecule has 0 heterocycles. The van der Waals surface area contributed by atoms with E-state index in [1.54, 1.807) is 6.92 Å². The van der Waals surface area contributed by atoms with Gasteiger partial charge in [-0.15, -0.1) is 0 Å². The minimum Gasteiger partial charge on any atom is -0.481 e. The molecule has 0 aliphatic heterocycles. The molecule has 1 fully saturated rings. The molecule has 16 heavy (non-hydrogen) atoms. The minimum atomic E-state index is -0.901. The molecule has 0 saturated heterocycles. The van der Waals surface area contributed by atoms with E-state index in [0.29, 0.717) is 5.92 Å². The molecule has 0 radical (unpaired) electrons. The average molecular weight is 228 g/mol. The fourth-order valence-corrected chi connectivity index (χ4v) is 2.11. The predicted molar refractivity (Wildman–Crippen MR) is 60.2 cm³/mol. The van der Waals surface area contributed by atoms with Gasteiger partial charge in [0, 0.05) is 12.1 Å². The topological polar surface area (TPSA) is 78.4 Å². The molecule has 92 valence electrons. The highest BCUT2D eigenvalue weighted by Crippen LogP contribution is 2.24. The standard InChI is InChI=1S/C11H20N2O3/c1-7-4-3-5-9(7)13-11(16)12-8(2)6-10(14)15/h7-9H,3-6H2,1-2H3,(H,14,15)(H2,12,13,16). The largest absolute Gasteiger partial charge is 0.481 e. The Morgan fingerprint density at radius 1 is 1.44 bits per heavy atom. The van der Waals surface area contributed by atoms with Crippen molar-refractivity contribution in [3.8, 4) is 0 Å². The quantitative estimate of drug-likeness (QED) is 0.679. The Balaban J connectivity index is 2.27. The maximum absolute atomic E-state index is 11.5. The molecule has 3 atom stereocenters. The van der Waals surface area contributed by atoms with Crippen molar-refractivity contribution >= 4 is 12.0 Å². The number of carbonyl (C=O) groups excluding carboxylic acids is 1. The van der Waals surface area contributed by atoms with Gasteiger partial charge in [-0.25, -0.2) is 4.79 Å². The van der Waals surface area contributed by atoms with E-state index in [1.165, 1.54) is 0 Å². The van der Waals surface area contributed by atoms with Gasteiger partial charge in [0.1, 0.15) is 0 Å². The molecular weight excluding hydrogens is 208 g/mol. The molecule has 3 unspecified atom stereocenters.